The molecule has 0 aliphatic carbocycles. The number of carbonyl (C=O) groups is 1. The normalized spacial score (nSPS) is 20.6. The number of likely N-dealkylation sites (tertiary alicyclic amines) is 1. The van der Waals surface area contributed by atoms with Crippen molar-refractivity contribution in [2.45, 2.75) is 63.3 Å². The van der Waals surface area contributed by atoms with Gasteiger partial charge in [0.2, 0.25) is 5.91 Å². The summed E-state index contributed by atoms with van der Waals surface area (Å²) >= 11 is 0. The minimum Gasteiger partial charge on any atom is -0.384 e. The molecule has 2 heterocycles. The molecule has 2 aromatic carbocycles. The van der Waals surface area contributed by atoms with E-state index in [2.05, 4.69) is 10.6 Å². The molecule has 2 atom stereocenters. The van der Waals surface area contributed by atoms with Crippen LogP contribution in [-0.4, -0.2) is 44.2 Å². The Hall–Kier alpha value is -3.11. The molecule has 0 saturated carbocycles. The van der Waals surface area contributed by atoms with Crippen molar-refractivity contribution in [2.24, 2.45) is 16.7 Å². The first-order valence-electron chi connectivity index (χ1n) is 12.0. The first kappa shape index (κ1) is 25.0. The largest absolute Gasteiger partial charge is 0.384 e. The third-order valence-corrected chi connectivity index (χ3v) is 9.13. The summed E-state index contributed by atoms with van der Waals surface area (Å²) in [5, 5.41) is 3.94. The summed E-state index contributed by atoms with van der Waals surface area (Å²) in [6.45, 7) is 7.34. The standard InChI is InChI=1S/C25H34N6O3S/c1-16-11-12-20-23(17(16)2)18(3)24(25(26)28-29-27)31(20)35(33,34)21-10-6-5-9-19(21)15-22(32)30-13-7-4-8-14-30/h5-6,9-12,18,24,29H,4,7-8,13-15,27H2,1-3H3,(H2,26,28). The fourth-order valence-electron chi connectivity index (χ4n) is 5.32. The molecule has 2 aromatic rings. The van der Waals surface area contributed by atoms with E-state index in [-0.39, 0.29) is 29.0 Å². The van der Waals surface area contributed by atoms with Crippen LogP contribution in [0.25, 0.3) is 0 Å². The fourth-order valence-corrected chi connectivity index (χ4v) is 7.26. The average Bonchev–Trinajstić information content (AvgIpc) is 3.16. The van der Waals surface area contributed by atoms with E-state index in [1.807, 2.05) is 37.8 Å². The molecule has 35 heavy (non-hydrogen) atoms. The molecule has 0 radical (unpaired) electrons. The van der Waals surface area contributed by atoms with E-state index in [1.165, 1.54) is 4.31 Å². The smallest absolute Gasteiger partial charge is 0.265 e. The number of carbonyl (C=O) groups excluding carboxylic acids is 1. The number of nitrogens with one attached hydrogen (secondary N) is 1. The summed E-state index contributed by atoms with van der Waals surface area (Å²) in [4.78, 5) is 14.9. The predicted octanol–water partition coefficient (Wildman–Crippen LogP) is 2.27. The Morgan fingerprint density at radius 3 is 2.49 bits per heavy atom. The molecule has 1 fully saturated rings. The van der Waals surface area contributed by atoms with Crippen molar-refractivity contribution >= 4 is 27.5 Å². The van der Waals surface area contributed by atoms with Gasteiger partial charge in [0.25, 0.3) is 10.0 Å². The highest BCUT2D eigenvalue weighted by Crippen LogP contribution is 2.46. The van der Waals surface area contributed by atoms with Gasteiger partial charge in [0.1, 0.15) is 11.9 Å². The lowest BCUT2D eigenvalue weighted by Gasteiger charge is -2.30. The maximum atomic E-state index is 14.3. The van der Waals surface area contributed by atoms with Gasteiger partial charge in [0.05, 0.1) is 17.0 Å². The Morgan fingerprint density at radius 2 is 1.80 bits per heavy atom. The third kappa shape index (κ3) is 4.48. The topological polar surface area (TPSA) is 134 Å². The lowest BCUT2D eigenvalue weighted by atomic mass is 9.91. The van der Waals surface area contributed by atoms with E-state index in [0.29, 0.717) is 24.3 Å². The van der Waals surface area contributed by atoms with Gasteiger partial charge in [-0.05, 0) is 67.5 Å². The van der Waals surface area contributed by atoms with Gasteiger partial charge >= 0.3 is 0 Å². The summed E-state index contributed by atoms with van der Waals surface area (Å²) in [7, 11) is -4.10. The Labute approximate surface area is 207 Å². The zero-order chi connectivity index (χ0) is 25.3. The maximum absolute atomic E-state index is 14.3. The number of hydrogen-bond donors (Lipinski definition) is 3. The Bertz CT molecular complexity index is 1250. The number of hydrazine groups is 1. The molecule has 2 aliphatic rings. The summed E-state index contributed by atoms with van der Waals surface area (Å²) in [6, 6.07) is 9.67. The number of sulfonamides is 1. The van der Waals surface area contributed by atoms with E-state index >= 15 is 0 Å². The van der Waals surface area contributed by atoms with Crippen LogP contribution in [-0.2, 0) is 21.2 Å². The molecule has 2 unspecified atom stereocenters. The molecule has 10 heteroatoms. The molecule has 5 N–H and O–H groups in total. The minimum atomic E-state index is -4.10. The van der Waals surface area contributed by atoms with E-state index in [0.717, 1.165) is 36.0 Å². The second kappa shape index (κ2) is 9.87. The number of hydrogen-bond acceptors (Lipinski definition) is 6. The van der Waals surface area contributed by atoms with E-state index in [1.54, 1.807) is 24.3 Å². The first-order chi connectivity index (χ1) is 16.7. The maximum Gasteiger partial charge on any atom is 0.265 e. The summed E-state index contributed by atoms with van der Waals surface area (Å²) in [5.41, 5.74) is 12.5. The Balaban J connectivity index is 1.81. The van der Waals surface area contributed by atoms with Gasteiger partial charge in [-0.25, -0.2) is 19.8 Å². The quantitative estimate of drug-likeness (QED) is 0.242. The van der Waals surface area contributed by atoms with Crippen molar-refractivity contribution in [3.05, 3.63) is 58.7 Å². The SMILES string of the molecule is Cc1ccc2c(c1C)C(C)C(/C(N)=N/NN)N2S(=O)(=O)c1ccccc1CC(=O)N1CCCCC1. The van der Waals surface area contributed by atoms with Crippen LogP contribution in [0.1, 0.15) is 54.4 Å². The number of amides is 1. The van der Waals surface area contributed by atoms with Crippen molar-refractivity contribution < 1.29 is 13.2 Å². The first-order valence-corrected chi connectivity index (χ1v) is 13.4. The van der Waals surface area contributed by atoms with Gasteiger partial charge in [-0.15, -0.1) is 5.10 Å². The number of piperidine rings is 1. The highest BCUT2D eigenvalue weighted by Gasteiger charge is 2.46. The molecular weight excluding hydrogens is 464 g/mol. The molecular formula is C25H34N6O3S. The average molecular weight is 499 g/mol. The fraction of sp³-hybridized carbons (Fsp3) is 0.440. The summed E-state index contributed by atoms with van der Waals surface area (Å²) in [6.07, 6.45) is 3.09. The molecule has 188 valence electrons. The number of amidine groups is 1. The highest BCUT2D eigenvalue weighted by molar-refractivity contribution is 7.93. The monoisotopic (exact) mass is 498 g/mol. The summed E-state index contributed by atoms with van der Waals surface area (Å²) in [5.74, 6) is 5.15. The van der Waals surface area contributed by atoms with Crippen molar-refractivity contribution in [1.82, 2.24) is 10.4 Å². The molecule has 9 nitrogen and oxygen atoms in total. The van der Waals surface area contributed by atoms with Crippen LogP contribution >= 0.6 is 0 Å². The van der Waals surface area contributed by atoms with E-state index in [4.69, 9.17) is 11.6 Å². The van der Waals surface area contributed by atoms with Gasteiger partial charge in [-0.2, -0.15) is 0 Å². The molecule has 2 aliphatic heterocycles. The van der Waals surface area contributed by atoms with Gasteiger partial charge < -0.3 is 10.6 Å². The number of rotatable bonds is 6. The van der Waals surface area contributed by atoms with Crippen LogP contribution in [0.5, 0.6) is 0 Å². The van der Waals surface area contributed by atoms with Gasteiger partial charge in [0.15, 0.2) is 0 Å². The molecule has 0 spiro atoms. The van der Waals surface area contributed by atoms with Gasteiger partial charge in [0, 0.05) is 19.0 Å². The van der Waals surface area contributed by atoms with Crippen molar-refractivity contribution in [1.29, 1.82) is 0 Å². The number of fused-ring (bicyclic) bond motifs is 1. The predicted molar refractivity (Wildman–Crippen MR) is 137 cm³/mol. The molecule has 4 rings (SSSR count). The van der Waals surface area contributed by atoms with Crippen molar-refractivity contribution in [3.63, 3.8) is 0 Å². The number of nitrogens with two attached hydrogens (primary N) is 2. The Morgan fingerprint density at radius 1 is 1.11 bits per heavy atom. The van der Waals surface area contributed by atoms with Crippen LogP contribution in [0.4, 0.5) is 5.69 Å². The second-order valence-electron chi connectivity index (χ2n) is 9.37. The van der Waals surface area contributed by atoms with Gasteiger partial charge in [-0.3, -0.25) is 9.10 Å². The van der Waals surface area contributed by atoms with Crippen LogP contribution in [0, 0.1) is 13.8 Å². The number of aryl methyl sites for hydroxylation is 1. The number of benzene rings is 2. The van der Waals surface area contributed by atoms with Crippen LogP contribution in [0.3, 0.4) is 0 Å². The zero-order valence-electron chi connectivity index (χ0n) is 20.5. The minimum absolute atomic E-state index is 0.0250. The Kier molecular flexibility index (Phi) is 7.05. The van der Waals surface area contributed by atoms with Crippen molar-refractivity contribution in [2.75, 3.05) is 17.4 Å². The second-order valence-corrected chi connectivity index (χ2v) is 11.1. The molecule has 0 aromatic heterocycles. The number of hydrazone groups is 1. The van der Waals surface area contributed by atoms with Crippen molar-refractivity contribution in [3.8, 4) is 0 Å². The van der Waals surface area contributed by atoms with E-state index < -0.39 is 16.1 Å². The lowest BCUT2D eigenvalue weighted by Crippen LogP contribution is -2.48. The zero-order valence-corrected chi connectivity index (χ0v) is 21.3. The number of anilines is 1. The molecule has 1 saturated heterocycles. The number of nitrogens with zero attached hydrogens (tertiary/aromatic N) is 3. The molecule has 0 bridgehead atoms. The van der Waals surface area contributed by atoms with Crippen LogP contribution < -0.4 is 21.4 Å². The highest BCUT2D eigenvalue weighted by atomic mass is 32.2. The van der Waals surface area contributed by atoms with Crippen LogP contribution in [0.2, 0.25) is 0 Å². The lowest BCUT2D eigenvalue weighted by molar-refractivity contribution is -0.131. The molecule has 1 amide bonds. The third-order valence-electron chi connectivity index (χ3n) is 7.24. The van der Waals surface area contributed by atoms with Gasteiger partial charge in [-0.1, -0.05) is 31.2 Å². The summed E-state index contributed by atoms with van der Waals surface area (Å²) < 4.78 is 29.9. The van der Waals surface area contributed by atoms with E-state index in [9.17, 15) is 13.2 Å². The van der Waals surface area contributed by atoms with Crippen LogP contribution in [0.15, 0.2) is 46.4 Å².